The number of urea groups is 1. The van der Waals surface area contributed by atoms with E-state index < -0.39 is 12.0 Å². The third-order valence-corrected chi connectivity index (χ3v) is 4.89. The van der Waals surface area contributed by atoms with Gasteiger partial charge in [0, 0.05) is 19.6 Å². The summed E-state index contributed by atoms with van der Waals surface area (Å²) in [6.07, 6.45) is 2.62. The topological polar surface area (TPSA) is 81.1 Å². The summed E-state index contributed by atoms with van der Waals surface area (Å²) in [6, 6.07) is -0.853. The second kappa shape index (κ2) is 6.64. The summed E-state index contributed by atoms with van der Waals surface area (Å²) in [5, 5.41) is 18.9. The van der Waals surface area contributed by atoms with Gasteiger partial charge in [0.25, 0.3) is 0 Å². The quantitative estimate of drug-likeness (QED) is 0.807. The normalized spacial score (nSPS) is 29.3. The Balaban J connectivity index is 1.97. The van der Waals surface area contributed by atoms with Crippen LogP contribution in [0.15, 0.2) is 0 Å². The first-order chi connectivity index (χ1) is 9.90. The Morgan fingerprint density at radius 2 is 1.76 bits per heavy atom. The summed E-state index contributed by atoms with van der Waals surface area (Å²) in [5.74, 6) is -0.324. The van der Waals surface area contributed by atoms with E-state index in [9.17, 15) is 19.8 Å². The lowest BCUT2D eigenvalue weighted by Gasteiger charge is -2.41. The molecule has 0 radical (unpaired) electrons. The van der Waals surface area contributed by atoms with Crippen LogP contribution < -0.4 is 0 Å². The molecule has 2 rings (SSSR count). The van der Waals surface area contributed by atoms with Gasteiger partial charge in [0.1, 0.15) is 6.04 Å². The summed E-state index contributed by atoms with van der Waals surface area (Å²) < 4.78 is 0. The molecule has 21 heavy (non-hydrogen) atoms. The number of aliphatic hydroxyl groups is 1. The number of aliphatic hydroxyl groups excluding tert-OH is 1. The van der Waals surface area contributed by atoms with E-state index in [2.05, 4.69) is 0 Å². The fraction of sp³-hybridized carbons (Fsp3) is 0.867. The number of carboxylic acids is 1. The van der Waals surface area contributed by atoms with Crippen molar-refractivity contribution in [3.8, 4) is 0 Å². The van der Waals surface area contributed by atoms with E-state index in [0.717, 1.165) is 19.3 Å². The lowest BCUT2D eigenvalue weighted by atomic mass is 9.91. The van der Waals surface area contributed by atoms with Gasteiger partial charge < -0.3 is 20.0 Å². The van der Waals surface area contributed by atoms with Crippen molar-refractivity contribution in [1.29, 1.82) is 0 Å². The van der Waals surface area contributed by atoms with Gasteiger partial charge in [-0.25, -0.2) is 9.59 Å². The largest absolute Gasteiger partial charge is 0.480 e. The molecule has 120 valence electrons. The Labute approximate surface area is 125 Å². The number of nitrogens with zero attached hydrogens (tertiary/aromatic N) is 2. The maximum absolute atomic E-state index is 12.6. The van der Waals surface area contributed by atoms with Crippen LogP contribution in [0.5, 0.6) is 0 Å². The zero-order chi connectivity index (χ0) is 15.6. The van der Waals surface area contributed by atoms with Crippen LogP contribution in [-0.2, 0) is 4.79 Å². The van der Waals surface area contributed by atoms with E-state index >= 15 is 0 Å². The fourth-order valence-corrected chi connectivity index (χ4v) is 3.36. The first-order valence-electron chi connectivity index (χ1n) is 7.86. The average Bonchev–Trinajstić information content (AvgIpc) is 2.46. The van der Waals surface area contributed by atoms with E-state index in [1.54, 1.807) is 11.8 Å². The highest BCUT2D eigenvalue weighted by atomic mass is 16.4. The second-order valence-corrected chi connectivity index (χ2v) is 6.52. The molecule has 2 fully saturated rings. The Morgan fingerprint density at radius 1 is 1.14 bits per heavy atom. The van der Waals surface area contributed by atoms with Gasteiger partial charge in [-0.1, -0.05) is 6.92 Å². The molecule has 0 aromatic rings. The first kappa shape index (κ1) is 16.1. The van der Waals surface area contributed by atoms with Crippen LogP contribution in [-0.4, -0.2) is 63.8 Å². The van der Waals surface area contributed by atoms with Crippen molar-refractivity contribution in [2.24, 2.45) is 11.8 Å². The Morgan fingerprint density at radius 3 is 2.29 bits per heavy atom. The van der Waals surface area contributed by atoms with Crippen LogP contribution in [0.1, 0.15) is 39.5 Å². The number of piperidine rings is 2. The number of carbonyl (C=O) groups excluding carboxylic acids is 1. The van der Waals surface area contributed by atoms with Gasteiger partial charge in [0.05, 0.1) is 6.10 Å². The molecule has 2 saturated heterocycles. The molecule has 0 aromatic heterocycles. The number of carbonyl (C=O) groups is 2. The number of hydrogen-bond donors (Lipinski definition) is 2. The zero-order valence-electron chi connectivity index (χ0n) is 12.9. The maximum atomic E-state index is 12.6. The molecular weight excluding hydrogens is 272 g/mol. The SMILES string of the molecule is CC1CCN(C(=O)N2CCC(C(C)O)CC2)C(C(=O)O)C1. The summed E-state index contributed by atoms with van der Waals surface area (Å²) in [5.41, 5.74) is 0. The molecule has 3 atom stereocenters. The van der Waals surface area contributed by atoms with Crippen molar-refractivity contribution in [2.45, 2.75) is 51.7 Å². The lowest BCUT2D eigenvalue weighted by molar-refractivity contribution is -0.144. The highest BCUT2D eigenvalue weighted by Crippen LogP contribution is 2.26. The molecule has 2 amide bonds. The minimum atomic E-state index is -0.909. The van der Waals surface area contributed by atoms with Gasteiger partial charge in [0.15, 0.2) is 0 Å². The van der Waals surface area contributed by atoms with Crippen LogP contribution in [0.2, 0.25) is 0 Å². The summed E-state index contributed by atoms with van der Waals surface area (Å²) >= 11 is 0. The van der Waals surface area contributed by atoms with E-state index in [4.69, 9.17) is 0 Å². The number of amides is 2. The number of carboxylic acid groups (broad SMARTS) is 1. The molecule has 0 saturated carbocycles. The van der Waals surface area contributed by atoms with Gasteiger partial charge in [-0.05, 0) is 44.4 Å². The van der Waals surface area contributed by atoms with Gasteiger partial charge in [-0.2, -0.15) is 0 Å². The van der Waals surface area contributed by atoms with E-state index in [1.165, 1.54) is 4.90 Å². The van der Waals surface area contributed by atoms with Gasteiger partial charge in [-0.15, -0.1) is 0 Å². The third kappa shape index (κ3) is 3.67. The highest BCUT2D eigenvalue weighted by molar-refractivity contribution is 5.83. The zero-order valence-corrected chi connectivity index (χ0v) is 12.9. The summed E-state index contributed by atoms with van der Waals surface area (Å²) in [6.45, 7) is 5.55. The lowest BCUT2D eigenvalue weighted by Crippen LogP contribution is -2.55. The van der Waals surface area contributed by atoms with E-state index in [1.807, 2.05) is 6.92 Å². The Bertz CT molecular complexity index is 391. The predicted octanol–water partition coefficient (Wildman–Crippen LogP) is 1.38. The molecule has 0 aromatic carbocycles. The van der Waals surface area contributed by atoms with Crippen molar-refractivity contribution in [2.75, 3.05) is 19.6 Å². The predicted molar refractivity (Wildman–Crippen MR) is 77.9 cm³/mol. The summed E-state index contributed by atoms with van der Waals surface area (Å²) in [7, 11) is 0. The van der Waals surface area contributed by atoms with Crippen LogP contribution in [0.25, 0.3) is 0 Å². The minimum Gasteiger partial charge on any atom is -0.480 e. The number of likely N-dealkylation sites (tertiary alicyclic amines) is 2. The summed E-state index contributed by atoms with van der Waals surface area (Å²) in [4.78, 5) is 27.2. The van der Waals surface area contributed by atoms with Crippen molar-refractivity contribution >= 4 is 12.0 Å². The Kier molecular flexibility index (Phi) is 5.08. The Hall–Kier alpha value is -1.30. The molecule has 6 nitrogen and oxygen atoms in total. The maximum Gasteiger partial charge on any atom is 0.326 e. The fourth-order valence-electron chi connectivity index (χ4n) is 3.36. The van der Waals surface area contributed by atoms with Crippen LogP contribution in [0.3, 0.4) is 0 Å². The highest BCUT2D eigenvalue weighted by Gasteiger charge is 2.37. The molecular formula is C15H26N2O4. The molecule has 2 aliphatic heterocycles. The number of aliphatic carboxylic acids is 1. The molecule has 3 unspecified atom stereocenters. The molecule has 2 aliphatic rings. The average molecular weight is 298 g/mol. The van der Waals surface area contributed by atoms with Crippen molar-refractivity contribution in [3.63, 3.8) is 0 Å². The van der Waals surface area contributed by atoms with E-state index in [0.29, 0.717) is 32.0 Å². The van der Waals surface area contributed by atoms with E-state index in [-0.39, 0.29) is 18.1 Å². The molecule has 2 N–H and O–H groups in total. The monoisotopic (exact) mass is 298 g/mol. The van der Waals surface area contributed by atoms with Crippen molar-refractivity contribution < 1.29 is 19.8 Å². The van der Waals surface area contributed by atoms with Crippen LogP contribution in [0.4, 0.5) is 4.79 Å². The third-order valence-electron chi connectivity index (χ3n) is 4.89. The second-order valence-electron chi connectivity index (χ2n) is 6.52. The smallest absolute Gasteiger partial charge is 0.326 e. The first-order valence-corrected chi connectivity index (χ1v) is 7.86. The number of rotatable bonds is 2. The molecule has 0 spiro atoms. The minimum absolute atomic E-state index is 0.154. The molecule has 0 aliphatic carbocycles. The van der Waals surface area contributed by atoms with Gasteiger partial charge in [0.2, 0.25) is 0 Å². The number of hydrogen-bond acceptors (Lipinski definition) is 3. The molecule has 0 bridgehead atoms. The van der Waals surface area contributed by atoms with Gasteiger partial charge >= 0.3 is 12.0 Å². The van der Waals surface area contributed by atoms with Crippen LogP contribution >= 0.6 is 0 Å². The standard InChI is InChI=1S/C15H26N2O4/c1-10-3-8-17(13(9-10)14(19)20)15(21)16-6-4-12(5-7-16)11(2)18/h10-13,18H,3-9H2,1-2H3,(H,19,20). The van der Waals surface area contributed by atoms with Gasteiger partial charge in [-0.3, -0.25) is 0 Å². The molecule has 6 heteroatoms. The van der Waals surface area contributed by atoms with Crippen molar-refractivity contribution in [1.82, 2.24) is 9.80 Å². The molecule has 2 heterocycles. The van der Waals surface area contributed by atoms with Crippen molar-refractivity contribution in [3.05, 3.63) is 0 Å². The van der Waals surface area contributed by atoms with Crippen LogP contribution in [0, 0.1) is 11.8 Å².